The fourth-order valence-electron chi connectivity index (χ4n) is 1.88. The second kappa shape index (κ2) is 6.03. The Labute approximate surface area is 114 Å². The van der Waals surface area contributed by atoms with Crippen LogP contribution < -0.4 is 5.32 Å². The summed E-state index contributed by atoms with van der Waals surface area (Å²) >= 11 is 6.13. The van der Waals surface area contributed by atoms with Gasteiger partial charge in [-0.3, -0.25) is 0 Å². The van der Waals surface area contributed by atoms with Gasteiger partial charge in [0, 0.05) is 17.6 Å². The molecular formula is C16H18ClN. The maximum absolute atomic E-state index is 6.13. The quantitative estimate of drug-likeness (QED) is 0.853. The lowest BCUT2D eigenvalue weighted by Crippen LogP contribution is -2.18. The lowest BCUT2D eigenvalue weighted by Gasteiger charge is -2.15. The Hall–Kier alpha value is -1.31. The van der Waals surface area contributed by atoms with Crippen LogP contribution in [0.2, 0.25) is 5.02 Å². The van der Waals surface area contributed by atoms with Crippen LogP contribution in [0.3, 0.4) is 0 Å². The van der Waals surface area contributed by atoms with Crippen molar-refractivity contribution in [3.63, 3.8) is 0 Å². The molecule has 0 bridgehead atoms. The molecule has 1 nitrogen and oxygen atoms in total. The van der Waals surface area contributed by atoms with Crippen molar-refractivity contribution in [2.75, 3.05) is 0 Å². The van der Waals surface area contributed by atoms with Gasteiger partial charge in [0.15, 0.2) is 0 Å². The molecule has 0 heterocycles. The summed E-state index contributed by atoms with van der Waals surface area (Å²) in [6.45, 7) is 5.06. The third kappa shape index (κ3) is 3.34. The van der Waals surface area contributed by atoms with Gasteiger partial charge in [0.05, 0.1) is 0 Å². The van der Waals surface area contributed by atoms with Crippen molar-refractivity contribution in [2.45, 2.75) is 26.4 Å². The van der Waals surface area contributed by atoms with Crippen LogP contribution in [-0.2, 0) is 6.54 Å². The Morgan fingerprint density at radius 1 is 1.06 bits per heavy atom. The Bertz CT molecular complexity index is 505. The van der Waals surface area contributed by atoms with Crippen LogP contribution in [-0.4, -0.2) is 0 Å². The molecule has 0 amide bonds. The fourth-order valence-corrected chi connectivity index (χ4v) is 2.08. The van der Waals surface area contributed by atoms with E-state index in [0.717, 1.165) is 17.1 Å². The molecule has 2 aromatic carbocycles. The van der Waals surface area contributed by atoms with Crippen LogP contribution in [0.5, 0.6) is 0 Å². The van der Waals surface area contributed by atoms with Crippen molar-refractivity contribution < 1.29 is 0 Å². The number of hydrogen-bond acceptors (Lipinski definition) is 1. The monoisotopic (exact) mass is 259 g/mol. The predicted molar refractivity (Wildman–Crippen MR) is 77.9 cm³/mol. The zero-order valence-electron chi connectivity index (χ0n) is 10.8. The average molecular weight is 260 g/mol. The van der Waals surface area contributed by atoms with Crippen LogP contribution in [0.4, 0.5) is 0 Å². The highest BCUT2D eigenvalue weighted by atomic mass is 35.5. The van der Waals surface area contributed by atoms with Crippen molar-refractivity contribution >= 4 is 11.6 Å². The predicted octanol–water partition coefficient (Wildman–Crippen LogP) is 4.50. The van der Waals surface area contributed by atoms with E-state index in [9.17, 15) is 0 Å². The smallest absolute Gasteiger partial charge is 0.0450 e. The SMILES string of the molecule is Cc1ccc(C(C)NCc2ccccc2Cl)cc1. The van der Waals surface area contributed by atoms with Crippen molar-refractivity contribution in [2.24, 2.45) is 0 Å². The van der Waals surface area contributed by atoms with Crippen LogP contribution in [0.15, 0.2) is 48.5 Å². The van der Waals surface area contributed by atoms with E-state index in [1.54, 1.807) is 0 Å². The number of hydrogen-bond donors (Lipinski definition) is 1. The highest BCUT2D eigenvalue weighted by Crippen LogP contribution is 2.17. The summed E-state index contributed by atoms with van der Waals surface area (Å²) in [6.07, 6.45) is 0. The fraction of sp³-hybridized carbons (Fsp3) is 0.250. The summed E-state index contributed by atoms with van der Waals surface area (Å²) in [5, 5.41) is 4.31. The summed E-state index contributed by atoms with van der Waals surface area (Å²) in [5.41, 5.74) is 3.72. The van der Waals surface area contributed by atoms with Crippen molar-refractivity contribution in [1.82, 2.24) is 5.32 Å². The lowest BCUT2D eigenvalue weighted by atomic mass is 10.1. The number of aryl methyl sites for hydroxylation is 1. The maximum Gasteiger partial charge on any atom is 0.0450 e. The van der Waals surface area contributed by atoms with Gasteiger partial charge in [0.25, 0.3) is 0 Å². The third-order valence-electron chi connectivity index (χ3n) is 3.13. The molecule has 94 valence electrons. The molecule has 0 saturated heterocycles. The van der Waals surface area contributed by atoms with E-state index < -0.39 is 0 Å². The largest absolute Gasteiger partial charge is 0.306 e. The van der Waals surface area contributed by atoms with E-state index in [0.29, 0.717) is 6.04 Å². The molecule has 0 aliphatic carbocycles. The third-order valence-corrected chi connectivity index (χ3v) is 3.50. The van der Waals surface area contributed by atoms with Gasteiger partial charge in [-0.15, -0.1) is 0 Å². The van der Waals surface area contributed by atoms with E-state index in [1.165, 1.54) is 11.1 Å². The molecule has 2 heteroatoms. The highest BCUT2D eigenvalue weighted by Gasteiger charge is 2.05. The summed E-state index contributed by atoms with van der Waals surface area (Å²) < 4.78 is 0. The van der Waals surface area contributed by atoms with Gasteiger partial charge in [-0.2, -0.15) is 0 Å². The summed E-state index contributed by atoms with van der Waals surface area (Å²) in [4.78, 5) is 0. The van der Waals surface area contributed by atoms with Gasteiger partial charge in [0.2, 0.25) is 0 Å². The molecule has 0 aliphatic rings. The summed E-state index contributed by atoms with van der Waals surface area (Å²) in [5.74, 6) is 0. The second-order valence-electron chi connectivity index (χ2n) is 4.60. The summed E-state index contributed by atoms with van der Waals surface area (Å²) in [6, 6.07) is 16.9. The molecule has 18 heavy (non-hydrogen) atoms. The van der Waals surface area contributed by atoms with Crippen molar-refractivity contribution in [1.29, 1.82) is 0 Å². The molecule has 2 rings (SSSR count). The van der Waals surface area contributed by atoms with Gasteiger partial charge in [-0.25, -0.2) is 0 Å². The Balaban J connectivity index is 1.98. The normalized spacial score (nSPS) is 12.4. The molecule has 0 saturated carbocycles. The van der Waals surface area contributed by atoms with Gasteiger partial charge in [-0.05, 0) is 31.0 Å². The van der Waals surface area contributed by atoms with E-state index in [-0.39, 0.29) is 0 Å². The van der Waals surface area contributed by atoms with Gasteiger partial charge >= 0.3 is 0 Å². The van der Waals surface area contributed by atoms with E-state index >= 15 is 0 Å². The van der Waals surface area contributed by atoms with Crippen molar-refractivity contribution in [3.05, 3.63) is 70.2 Å². The Morgan fingerprint density at radius 2 is 1.72 bits per heavy atom. The van der Waals surface area contributed by atoms with E-state index in [1.807, 2.05) is 18.2 Å². The second-order valence-corrected chi connectivity index (χ2v) is 5.01. The number of rotatable bonds is 4. The van der Waals surface area contributed by atoms with Crippen LogP contribution in [0.1, 0.15) is 29.7 Å². The standard InChI is InChI=1S/C16H18ClN/c1-12-7-9-14(10-8-12)13(2)18-11-15-5-3-4-6-16(15)17/h3-10,13,18H,11H2,1-2H3. The average Bonchev–Trinajstić information content (AvgIpc) is 2.38. The van der Waals surface area contributed by atoms with Crippen LogP contribution >= 0.6 is 11.6 Å². The molecule has 2 aromatic rings. The van der Waals surface area contributed by atoms with E-state index in [2.05, 4.69) is 49.5 Å². The first-order valence-electron chi connectivity index (χ1n) is 6.20. The zero-order chi connectivity index (χ0) is 13.0. The van der Waals surface area contributed by atoms with Gasteiger partial charge < -0.3 is 5.32 Å². The summed E-state index contributed by atoms with van der Waals surface area (Å²) in [7, 11) is 0. The lowest BCUT2D eigenvalue weighted by molar-refractivity contribution is 0.575. The minimum atomic E-state index is 0.321. The first-order valence-corrected chi connectivity index (χ1v) is 6.58. The van der Waals surface area contributed by atoms with Gasteiger partial charge in [0.1, 0.15) is 0 Å². The Kier molecular flexibility index (Phi) is 4.40. The molecule has 0 fully saturated rings. The number of nitrogens with one attached hydrogen (secondary N) is 1. The van der Waals surface area contributed by atoms with Crippen LogP contribution in [0, 0.1) is 6.92 Å². The molecule has 0 aromatic heterocycles. The Morgan fingerprint density at radius 3 is 2.39 bits per heavy atom. The highest BCUT2D eigenvalue weighted by molar-refractivity contribution is 6.31. The molecule has 1 N–H and O–H groups in total. The molecule has 1 unspecified atom stereocenters. The number of halogens is 1. The minimum absolute atomic E-state index is 0.321. The molecule has 0 radical (unpaired) electrons. The zero-order valence-corrected chi connectivity index (χ0v) is 11.5. The van der Waals surface area contributed by atoms with Crippen LogP contribution in [0.25, 0.3) is 0 Å². The maximum atomic E-state index is 6.13. The molecule has 1 atom stereocenters. The minimum Gasteiger partial charge on any atom is -0.306 e. The van der Waals surface area contributed by atoms with Gasteiger partial charge in [-0.1, -0.05) is 59.6 Å². The molecular weight excluding hydrogens is 242 g/mol. The molecule has 0 spiro atoms. The first-order chi connectivity index (χ1) is 8.66. The number of benzene rings is 2. The first kappa shape index (κ1) is 13.1. The van der Waals surface area contributed by atoms with E-state index in [4.69, 9.17) is 11.6 Å². The molecule has 0 aliphatic heterocycles. The topological polar surface area (TPSA) is 12.0 Å². The van der Waals surface area contributed by atoms with Crippen molar-refractivity contribution in [3.8, 4) is 0 Å².